The molecule has 0 atom stereocenters. The van der Waals surface area contributed by atoms with Crippen LogP contribution in [0, 0.1) is 11.6 Å². The van der Waals surface area contributed by atoms with Crippen LogP contribution in [0.4, 0.5) is 14.5 Å². The number of amides is 2. The summed E-state index contributed by atoms with van der Waals surface area (Å²) in [7, 11) is 3.65. The van der Waals surface area contributed by atoms with Gasteiger partial charge in [0.1, 0.15) is 11.6 Å². The number of hydrazine groups is 1. The van der Waals surface area contributed by atoms with E-state index in [1.165, 1.54) is 0 Å². The summed E-state index contributed by atoms with van der Waals surface area (Å²) in [5.74, 6) is -3.15. The third kappa shape index (κ3) is 4.03. The van der Waals surface area contributed by atoms with Crippen molar-refractivity contribution in [1.82, 2.24) is 10.9 Å². The molecule has 0 saturated carbocycles. The van der Waals surface area contributed by atoms with E-state index in [1.54, 1.807) is 18.2 Å². The average Bonchev–Trinajstić information content (AvgIpc) is 2.54. The van der Waals surface area contributed by atoms with E-state index in [0.717, 1.165) is 23.9 Å². The number of carbonyl (C=O) groups is 2. The predicted octanol–water partition coefficient (Wildman–Crippen LogP) is 2.11. The van der Waals surface area contributed by atoms with E-state index in [1.807, 2.05) is 25.1 Å². The van der Waals surface area contributed by atoms with Crippen molar-refractivity contribution in [3.63, 3.8) is 0 Å². The summed E-state index contributed by atoms with van der Waals surface area (Å²) in [6.07, 6.45) is 0. The molecule has 0 radical (unpaired) electrons. The van der Waals surface area contributed by atoms with Gasteiger partial charge < -0.3 is 4.90 Å². The smallest absolute Gasteiger partial charge is 0.272 e. The van der Waals surface area contributed by atoms with Crippen molar-refractivity contribution in [1.29, 1.82) is 0 Å². The highest BCUT2D eigenvalue weighted by atomic mass is 19.1. The minimum absolute atomic E-state index is 0.316. The zero-order valence-corrected chi connectivity index (χ0v) is 12.6. The third-order valence-corrected chi connectivity index (χ3v) is 3.09. The topological polar surface area (TPSA) is 61.4 Å². The molecule has 2 rings (SSSR count). The van der Waals surface area contributed by atoms with Gasteiger partial charge >= 0.3 is 0 Å². The molecule has 5 nitrogen and oxygen atoms in total. The van der Waals surface area contributed by atoms with Crippen molar-refractivity contribution in [2.24, 2.45) is 0 Å². The molecule has 0 aliphatic rings. The molecule has 2 amide bonds. The van der Waals surface area contributed by atoms with Crippen LogP contribution in [0.25, 0.3) is 0 Å². The first-order valence-electron chi connectivity index (χ1n) is 6.71. The number of hydrogen-bond donors (Lipinski definition) is 2. The van der Waals surface area contributed by atoms with Gasteiger partial charge in [0, 0.05) is 25.3 Å². The molecule has 2 aromatic carbocycles. The van der Waals surface area contributed by atoms with E-state index in [-0.39, 0.29) is 0 Å². The Hall–Kier alpha value is -2.96. The molecule has 0 bridgehead atoms. The van der Waals surface area contributed by atoms with Gasteiger partial charge in [-0.1, -0.05) is 6.07 Å². The minimum Gasteiger partial charge on any atom is -0.378 e. The number of nitrogens with zero attached hydrogens (tertiary/aromatic N) is 1. The van der Waals surface area contributed by atoms with E-state index in [2.05, 4.69) is 10.9 Å². The number of rotatable bonds is 3. The van der Waals surface area contributed by atoms with Crippen molar-refractivity contribution in [3.05, 3.63) is 65.2 Å². The van der Waals surface area contributed by atoms with E-state index < -0.39 is 29.0 Å². The van der Waals surface area contributed by atoms with Gasteiger partial charge in [0.25, 0.3) is 11.8 Å². The van der Waals surface area contributed by atoms with Gasteiger partial charge in [-0.25, -0.2) is 8.78 Å². The minimum atomic E-state index is -0.945. The van der Waals surface area contributed by atoms with Gasteiger partial charge in [0.15, 0.2) is 0 Å². The van der Waals surface area contributed by atoms with Gasteiger partial charge in [0.05, 0.1) is 5.56 Å². The van der Waals surface area contributed by atoms with Gasteiger partial charge in [-0.15, -0.1) is 0 Å². The summed E-state index contributed by atoms with van der Waals surface area (Å²) in [4.78, 5) is 25.6. The fourth-order valence-corrected chi connectivity index (χ4v) is 1.85. The second kappa shape index (κ2) is 6.87. The summed E-state index contributed by atoms with van der Waals surface area (Å²) in [6.45, 7) is 0. The van der Waals surface area contributed by atoms with Crippen LogP contribution in [-0.4, -0.2) is 25.9 Å². The summed E-state index contributed by atoms with van der Waals surface area (Å²) in [5.41, 5.74) is 4.85. The van der Waals surface area contributed by atoms with Gasteiger partial charge in [-0.05, 0) is 36.4 Å². The second-order valence-electron chi connectivity index (χ2n) is 4.98. The summed E-state index contributed by atoms with van der Waals surface area (Å²) in [5, 5.41) is 0. The molecule has 23 heavy (non-hydrogen) atoms. The molecule has 7 heteroatoms. The number of carbonyl (C=O) groups excluding carboxylic acids is 2. The van der Waals surface area contributed by atoms with Crippen molar-refractivity contribution in [3.8, 4) is 0 Å². The SMILES string of the molecule is CN(C)c1cccc(C(=O)NNC(=O)c2cc(F)ccc2F)c1. The van der Waals surface area contributed by atoms with Crippen LogP contribution in [-0.2, 0) is 0 Å². The molecule has 0 heterocycles. The lowest BCUT2D eigenvalue weighted by Crippen LogP contribution is -2.42. The molecular weight excluding hydrogens is 304 g/mol. The molecule has 2 aromatic rings. The summed E-state index contributed by atoms with van der Waals surface area (Å²) < 4.78 is 26.5. The fraction of sp³-hybridized carbons (Fsp3) is 0.125. The fourth-order valence-electron chi connectivity index (χ4n) is 1.85. The van der Waals surface area contributed by atoms with E-state index in [4.69, 9.17) is 0 Å². The first-order valence-corrected chi connectivity index (χ1v) is 6.71. The van der Waals surface area contributed by atoms with Gasteiger partial charge in [-0.3, -0.25) is 20.4 Å². The maximum atomic E-state index is 13.5. The number of anilines is 1. The highest BCUT2D eigenvalue weighted by Gasteiger charge is 2.14. The molecule has 120 valence electrons. The number of halogens is 2. The van der Waals surface area contributed by atoms with Gasteiger partial charge in [-0.2, -0.15) is 0 Å². The molecule has 0 unspecified atom stereocenters. The lowest BCUT2D eigenvalue weighted by molar-refractivity contribution is 0.0844. The second-order valence-corrected chi connectivity index (χ2v) is 4.98. The van der Waals surface area contributed by atoms with Gasteiger partial charge in [0.2, 0.25) is 0 Å². The normalized spacial score (nSPS) is 10.1. The molecule has 2 N–H and O–H groups in total. The average molecular weight is 319 g/mol. The highest BCUT2D eigenvalue weighted by molar-refractivity contribution is 5.99. The van der Waals surface area contributed by atoms with Crippen molar-refractivity contribution >= 4 is 17.5 Å². The van der Waals surface area contributed by atoms with E-state index in [0.29, 0.717) is 5.56 Å². The Kier molecular flexibility index (Phi) is 4.90. The van der Waals surface area contributed by atoms with Crippen molar-refractivity contribution in [2.45, 2.75) is 0 Å². The molecule has 0 fully saturated rings. The maximum absolute atomic E-state index is 13.5. The predicted molar refractivity (Wildman–Crippen MR) is 82.1 cm³/mol. The third-order valence-electron chi connectivity index (χ3n) is 3.09. The Balaban J connectivity index is 2.05. The van der Waals surface area contributed by atoms with Crippen LogP contribution in [0.5, 0.6) is 0 Å². The molecule has 0 aliphatic carbocycles. The summed E-state index contributed by atoms with van der Waals surface area (Å²) in [6, 6.07) is 9.20. The van der Waals surface area contributed by atoms with E-state index >= 15 is 0 Å². The quantitative estimate of drug-likeness (QED) is 0.852. The molecule has 0 spiro atoms. The van der Waals surface area contributed by atoms with Crippen LogP contribution in [0.2, 0.25) is 0 Å². The highest BCUT2D eigenvalue weighted by Crippen LogP contribution is 2.13. The Labute approximate surface area is 131 Å². The monoisotopic (exact) mass is 319 g/mol. The first-order chi connectivity index (χ1) is 10.9. The molecule has 0 aromatic heterocycles. The lowest BCUT2D eigenvalue weighted by Gasteiger charge is -2.13. The molecule has 0 aliphatic heterocycles. The van der Waals surface area contributed by atoms with Crippen LogP contribution in [0.3, 0.4) is 0 Å². The zero-order valence-electron chi connectivity index (χ0n) is 12.6. The number of nitrogens with one attached hydrogen (secondary N) is 2. The first kappa shape index (κ1) is 16.4. The molecular formula is C16H15F2N3O2. The molecule has 0 saturated heterocycles. The Morgan fingerprint density at radius 2 is 1.65 bits per heavy atom. The van der Waals surface area contributed by atoms with Crippen LogP contribution < -0.4 is 15.8 Å². The Morgan fingerprint density at radius 3 is 2.35 bits per heavy atom. The standard InChI is InChI=1S/C16H15F2N3O2/c1-21(2)12-5-3-4-10(8-12)15(22)19-20-16(23)13-9-11(17)6-7-14(13)18/h3-9H,1-2H3,(H,19,22)(H,20,23). The lowest BCUT2D eigenvalue weighted by atomic mass is 10.2. The largest absolute Gasteiger partial charge is 0.378 e. The Bertz CT molecular complexity index is 748. The van der Waals surface area contributed by atoms with Crippen molar-refractivity contribution in [2.75, 3.05) is 19.0 Å². The van der Waals surface area contributed by atoms with Crippen LogP contribution >= 0.6 is 0 Å². The number of benzene rings is 2. The summed E-state index contributed by atoms with van der Waals surface area (Å²) >= 11 is 0. The number of hydrogen-bond acceptors (Lipinski definition) is 3. The van der Waals surface area contributed by atoms with E-state index in [9.17, 15) is 18.4 Å². The Morgan fingerprint density at radius 1 is 0.957 bits per heavy atom. The van der Waals surface area contributed by atoms with Crippen LogP contribution in [0.15, 0.2) is 42.5 Å². The maximum Gasteiger partial charge on any atom is 0.272 e. The zero-order chi connectivity index (χ0) is 17.0. The van der Waals surface area contributed by atoms with Crippen LogP contribution in [0.1, 0.15) is 20.7 Å². The van der Waals surface area contributed by atoms with Crippen molar-refractivity contribution < 1.29 is 18.4 Å².